The molecule has 5 heteroatoms. The van der Waals surface area contributed by atoms with Crippen molar-refractivity contribution < 1.29 is 4.79 Å². The molecular weight excluding hydrogens is 328 g/mol. The standard InChI is InChI=1S/C14H12BrClN2O/c1-2-18-14(12(15)9-17-18)13(19)7-6-10-4-3-5-11(16)8-10/h3-9H,2H2,1H3/b7-6+. The molecule has 0 spiro atoms. The highest BCUT2D eigenvalue weighted by Gasteiger charge is 2.13. The molecule has 0 atom stereocenters. The summed E-state index contributed by atoms with van der Waals surface area (Å²) in [7, 11) is 0. The van der Waals surface area contributed by atoms with Crippen molar-refractivity contribution in [3.8, 4) is 0 Å². The van der Waals surface area contributed by atoms with Gasteiger partial charge in [0.1, 0.15) is 5.69 Å². The number of aryl methyl sites for hydroxylation is 1. The molecule has 3 nitrogen and oxygen atoms in total. The Balaban J connectivity index is 2.23. The molecule has 0 aliphatic heterocycles. The second-order valence-corrected chi connectivity index (χ2v) is 5.20. The Hall–Kier alpha value is -1.39. The largest absolute Gasteiger partial charge is 0.288 e. The van der Waals surface area contributed by atoms with Crippen LogP contribution in [0.3, 0.4) is 0 Å². The fourth-order valence-electron chi connectivity index (χ4n) is 1.71. The molecule has 0 unspecified atom stereocenters. The Morgan fingerprint density at radius 3 is 3.00 bits per heavy atom. The van der Waals surface area contributed by atoms with Crippen LogP contribution in [0, 0.1) is 0 Å². The van der Waals surface area contributed by atoms with Gasteiger partial charge in [0.2, 0.25) is 5.78 Å². The SMILES string of the molecule is CCn1ncc(Br)c1C(=O)/C=C/c1cccc(Cl)c1. The van der Waals surface area contributed by atoms with Gasteiger partial charge in [0, 0.05) is 11.6 Å². The smallest absolute Gasteiger partial charge is 0.205 e. The van der Waals surface area contributed by atoms with Crippen LogP contribution in [0.4, 0.5) is 0 Å². The molecule has 0 amide bonds. The quantitative estimate of drug-likeness (QED) is 0.617. The molecule has 0 bridgehead atoms. The van der Waals surface area contributed by atoms with Crippen molar-refractivity contribution in [3.63, 3.8) is 0 Å². The van der Waals surface area contributed by atoms with Gasteiger partial charge in [0.05, 0.1) is 10.7 Å². The zero-order valence-corrected chi connectivity index (χ0v) is 12.6. The third-order valence-electron chi connectivity index (χ3n) is 2.60. The van der Waals surface area contributed by atoms with Gasteiger partial charge in [0.25, 0.3) is 0 Å². The topological polar surface area (TPSA) is 34.9 Å². The molecule has 19 heavy (non-hydrogen) atoms. The molecule has 0 fully saturated rings. The predicted molar refractivity (Wildman–Crippen MR) is 80.4 cm³/mol. The first-order chi connectivity index (χ1) is 9.11. The molecule has 0 radical (unpaired) electrons. The monoisotopic (exact) mass is 338 g/mol. The van der Waals surface area contributed by atoms with Crippen LogP contribution in [0.2, 0.25) is 5.02 Å². The minimum absolute atomic E-state index is 0.0915. The van der Waals surface area contributed by atoms with Crippen LogP contribution in [0.25, 0.3) is 6.08 Å². The number of carbonyl (C=O) groups is 1. The summed E-state index contributed by atoms with van der Waals surface area (Å²) >= 11 is 9.23. The Labute approximate surface area is 125 Å². The summed E-state index contributed by atoms with van der Waals surface area (Å²) in [5.41, 5.74) is 1.44. The summed E-state index contributed by atoms with van der Waals surface area (Å²) in [4.78, 5) is 12.2. The Bertz CT molecular complexity index is 634. The van der Waals surface area contributed by atoms with Crippen LogP contribution in [0.1, 0.15) is 23.0 Å². The molecule has 0 aliphatic rings. The van der Waals surface area contributed by atoms with E-state index in [1.807, 2.05) is 19.1 Å². The van der Waals surface area contributed by atoms with Crippen molar-refractivity contribution in [3.05, 3.63) is 57.3 Å². The van der Waals surface area contributed by atoms with Gasteiger partial charge < -0.3 is 0 Å². The van der Waals surface area contributed by atoms with E-state index in [-0.39, 0.29) is 5.78 Å². The van der Waals surface area contributed by atoms with E-state index in [2.05, 4.69) is 21.0 Å². The van der Waals surface area contributed by atoms with Crippen molar-refractivity contribution in [2.45, 2.75) is 13.5 Å². The molecular formula is C14H12BrClN2O. The normalized spacial score (nSPS) is 11.1. The summed E-state index contributed by atoms with van der Waals surface area (Å²) < 4.78 is 2.37. The highest BCUT2D eigenvalue weighted by atomic mass is 79.9. The minimum Gasteiger partial charge on any atom is -0.288 e. The number of aromatic nitrogens is 2. The predicted octanol–water partition coefficient (Wildman–Crippen LogP) is 4.22. The third-order valence-corrected chi connectivity index (χ3v) is 3.42. The van der Waals surface area contributed by atoms with Crippen LogP contribution in [0.15, 0.2) is 41.0 Å². The molecule has 0 aliphatic carbocycles. The van der Waals surface area contributed by atoms with Gasteiger partial charge in [-0.2, -0.15) is 5.10 Å². The van der Waals surface area contributed by atoms with Crippen molar-refractivity contribution in [2.24, 2.45) is 0 Å². The minimum atomic E-state index is -0.0915. The number of ketones is 1. The van der Waals surface area contributed by atoms with Gasteiger partial charge in [-0.25, -0.2) is 0 Å². The van der Waals surface area contributed by atoms with Crippen LogP contribution in [-0.4, -0.2) is 15.6 Å². The molecule has 2 aromatic rings. The van der Waals surface area contributed by atoms with Gasteiger partial charge in [-0.1, -0.05) is 29.8 Å². The lowest BCUT2D eigenvalue weighted by molar-refractivity contribution is 0.103. The molecule has 1 aromatic carbocycles. The van der Waals surface area contributed by atoms with Gasteiger partial charge in [-0.3, -0.25) is 9.48 Å². The third kappa shape index (κ3) is 3.33. The van der Waals surface area contributed by atoms with Crippen molar-refractivity contribution in [1.82, 2.24) is 9.78 Å². The second kappa shape index (κ2) is 6.17. The molecule has 1 heterocycles. The van der Waals surface area contributed by atoms with E-state index < -0.39 is 0 Å². The first kappa shape index (κ1) is 14.0. The van der Waals surface area contributed by atoms with Crippen LogP contribution in [-0.2, 0) is 6.54 Å². The van der Waals surface area contributed by atoms with Gasteiger partial charge >= 0.3 is 0 Å². The lowest BCUT2D eigenvalue weighted by Gasteiger charge is -2.01. The summed E-state index contributed by atoms with van der Waals surface area (Å²) in [6.07, 6.45) is 4.90. The maximum absolute atomic E-state index is 12.2. The maximum Gasteiger partial charge on any atom is 0.205 e. The Morgan fingerprint density at radius 1 is 1.53 bits per heavy atom. The summed E-state index contributed by atoms with van der Waals surface area (Å²) in [6.45, 7) is 2.59. The number of halogens is 2. The molecule has 2 rings (SSSR count). The lowest BCUT2D eigenvalue weighted by Crippen LogP contribution is -2.07. The molecule has 1 aromatic heterocycles. The number of benzene rings is 1. The maximum atomic E-state index is 12.2. The number of nitrogens with zero attached hydrogens (tertiary/aromatic N) is 2. The zero-order valence-electron chi connectivity index (χ0n) is 10.3. The average molecular weight is 340 g/mol. The van der Waals surface area contributed by atoms with Crippen molar-refractivity contribution in [1.29, 1.82) is 0 Å². The number of rotatable bonds is 4. The van der Waals surface area contributed by atoms with Crippen LogP contribution in [0.5, 0.6) is 0 Å². The second-order valence-electron chi connectivity index (χ2n) is 3.91. The number of hydrogen-bond acceptors (Lipinski definition) is 2. The summed E-state index contributed by atoms with van der Waals surface area (Å²) in [5.74, 6) is -0.0915. The van der Waals surface area contributed by atoms with Gasteiger partial charge in [-0.15, -0.1) is 0 Å². The first-order valence-electron chi connectivity index (χ1n) is 5.81. The molecule has 0 saturated heterocycles. The van der Waals surface area contributed by atoms with E-state index in [4.69, 9.17) is 11.6 Å². The highest BCUT2D eigenvalue weighted by Crippen LogP contribution is 2.18. The molecule has 0 saturated carbocycles. The van der Waals surface area contributed by atoms with E-state index in [9.17, 15) is 4.79 Å². The summed E-state index contributed by atoms with van der Waals surface area (Å²) in [5, 5.41) is 4.77. The van der Waals surface area contributed by atoms with Gasteiger partial charge in [0.15, 0.2) is 0 Å². The van der Waals surface area contributed by atoms with Crippen molar-refractivity contribution in [2.75, 3.05) is 0 Å². The Kier molecular flexibility index (Phi) is 4.56. The molecule has 0 N–H and O–H groups in total. The molecule has 98 valence electrons. The van der Waals surface area contributed by atoms with E-state index in [1.165, 1.54) is 6.08 Å². The number of hydrogen-bond donors (Lipinski definition) is 0. The number of allylic oxidation sites excluding steroid dienone is 1. The zero-order chi connectivity index (χ0) is 13.8. The van der Waals surface area contributed by atoms with Gasteiger partial charge in [-0.05, 0) is 46.6 Å². The highest BCUT2D eigenvalue weighted by molar-refractivity contribution is 9.10. The fraction of sp³-hybridized carbons (Fsp3) is 0.143. The average Bonchev–Trinajstić information content (AvgIpc) is 2.77. The lowest BCUT2D eigenvalue weighted by atomic mass is 10.2. The number of carbonyl (C=O) groups excluding carboxylic acids is 1. The fourth-order valence-corrected chi connectivity index (χ4v) is 2.40. The first-order valence-corrected chi connectivity index (χ1v) is 6.98. The van der Waals surface area contributed by atoms with E-state index in [0.29, 0.717) is 21.7 Å². The van der Waals surface area contributed by atoms with Crippen molar-refractivity contribution >= 4 is 39.4 Å². The Morgan fingerprint density at radius 2 is 2.32 bits per heavy atom. The van der Waals surface area contributed by atoms with Crippen LogP contribution >= 0.6 is 27.5 Å². The van der Waals surface area contributed by atoms with E-state index >= 15 is 0 Å². The van der Waals surface area contributed by atoms with Crippen LogP contribution < -0.4 is 0 Å². The van der Waals surface area contributed by atoms with E-state index in [0.717, 1.165) is 5.56 Å². The van der Waals surface area contributed by atoms with E-state index in [1.54, 1.807) is 29.1 Å². The summed E-state index contributed by atoms with van der Waals surface area (Å²) in [6, 6.07) is 7.33.